The lowest BCUT2D eigenvalue weighted by Crippen LogP contribution is -2.48. The van der Waals surface area contributed by atoms with Gasteiger partial charge in [0.25, 0.3) is 0 Å². The lowest BCUT2D eigenvalue weighted by atomic mass is 9.82. The van der Waals surface area contributed by atoms with Crippen molar-refractivity contribution in [2.45, 2.75) is 296 Å². The smallest absolute Gasteiger partial charge is 0.225 e. The van der Waals surface area contributed by atoms with Gasteiger partial charge in [-0.05, 0) is 52.7 Å². The van der Waals surface area contributed by atoms with Crippen molar-refractivity contribution in [1.82, 2.24) is 20.9 Å². The van der Waals surface area contributed by atoms with Crippen LogP contribution in [0.5, 0.6) is 0 Å². The molecular formula is C60H129N4O3P3. The molecule has 0 saturated heterocycles. The van der Waals surface area contributed by atoms with Gasteiger partial charge in [0.15, 0.2) is 0 Å². The average Bonchev–Trinajstić information content (AvgIpc) is 3.22. The van der Waals surface area contributed by atoms with Gasteiger partial charge in [-0.1, -0.05) is 261 Å². The molecule has 0 spiro atoms. The molecule has 0 aliphatic heterocycles. The van der Waals surface area contributed by atoms with E-state index in [1.165, 1.54) is 122 Å². The predicted molar refractivity (Wildman–Crippen MR) is 327 cm³/mol. The highest BCUT2D eigenvalue weighted by Gasteiger charge is 2.35. The first-order valence-corrected chi connectivity index (χ1v) is 31.6. The largest absolute Gasteiger partial charge is 0.354 e. The predicted octanol–water partition coefficient (Wildman–Crippen LogP) is 17.0. The number of carbonyl (C=O) groups excluding carboxylic acids is 3. The van der Waals surface area contributed by atoms with E-state index in [2.05, 4.69) is 143 Å². The van der Waals surface area contributed by atoms with Crippen LogP contribution < -0.4 is 16.0 Å². The molecule has 70 heavy (non-hydrogen) atoms. The molecule has 3 atom stereocenters. The van der Waals surface area contributed by atoms with Crippen molar-refractivity contribution >= 4 is 44.8 Å². The fourth-order valence-corrected chi connectivity index (χ4v) is 12.7. The molecule has 422 valence electrons. The third kappa shape index (κ3) is 46.2. The molecule has 0 aromatic heterocycles. The van der Waals surface area contributed by atoms with Gasteiger partial charge in [0.2, 0.25) is 17.7 Å². The first-order valence-electron chi connectivity index (χ1n) is 29.2. The molecule has 7 nitrogen and oxygen atoms in total. The molecule has 0 rings (SSSR count). The minimum atomic E-state index is -0.480. The molecule has 3 N–H and O–H groups in total. The Labute approximate surface area is 447 Å². The minimum absolute atomic E-state index is 0.0256. The topological polar surface area (TPSA) is 90.5 Å². The summed E-state index contributed by atoms with van der Waals surface area (Å²) >= 11 is 0. The van der Waals surface area contributed by atoms with Crippen LogP contribution in [0.1, 0.15) is 280 Å². The molecule has 0 radical (unpaired) electrons. The van der Waals surface area contributed by atoms with Crippen LogP contribution in [0.4, 0.5) is 0 Å². The lowest BCUT2D eigenvalue weighted by molar-refractivity contribution is -0.130. The Balaban J connectivity index is -0.000000644. The summed E-state index contributed by atoms with van der Waals surface area (Å²) in [6.07, 6.45) is 28.6. The first kappa shape index (κ1) is 76.2. The molecule has 3 unspecified atom stereocenters. The maximum atomic E-state index is 13.2. The summed E-state index contributed by atoms with van der Waals surface area (Å²) < 4.78 is 0. The second-order valence-corrected chi connectivity index (χ2v) is 30.4. The highest BCUT2D eigenvalue weighted by molar-refractivity contribution is 7.39. The molecule has 0 heterocycles. The maximum Gasteiger partial charge on any atom is 0.225 e. The van der Waals surface area contributed by atoms with Gasteiger partial charge in [-0.2, -0.15) is 0 Å². The molecule has 0 aliphatic carbocycles. The minimum Gasteiger partial charge on any atom is -0.354 e. The third-order valence-corrected chi connectivity index (χ3v) is 15.2. The van der Waals surface area contributed by atoms with Crippen molar-refractivity contribution in [3.8, 4) is 0 Å². The summed E-state index contributed by atoms with van der Waals surface area (Å²) in [5, 5.41) is 9.51. The fraction of sp³-hybridized carbons (Fsp3) is 0.950. The summed E-state index contributed by atoms with van der Waals surface area (Å²) in [6, 6.07) is 0. The van der Waals surface area contributed by atoms with Crippen LogP contribution in [0.3, 0.4) is 0 Å². The van der Waals surface area contributed by atoms with Crippen molar-refractivity contribution in [2.24, 2.45) is 28.1 Å². The van der Waals surface area contributed by atoms with Crippen LogP contribution in [-0.4, -0.2) is 83.5 Å². The summed E-state index contributed by atoms with van der Waals surface area (Å²) in [5.74, 6) is 2.21. The van der Waals surface area contributed by atoms with E-state index < -0.39 is 16.2 Å². The van der Waals surface area contributed by atoms with Gasteiger partial charge in [-0.3, -0.25) is 19.3 Å². The standard InChI is InChI=1S/C33H69N4O3P3.2C10H22.C7H16/c1-14-21-43-33(12,13)24-30(6,7)27(40)36-17-20-37(18-15-34-25(38)28(2,3)22-31(8,9)41)19-16-35-26(39)29(4,5)23-32(10,11)42;2*1-4-7-10(8-5-2)9-6-3;1-3-5-7-6-4-2/h43H,14-24,41-42H2,1-13H3,(H,34,38)(H,35,39)(H,36,40);2*10H,4-9H2,1-3H3;3-7H2,1-2H3. The lowest BCUT2D eigenvalue weighted by Gasteiger charge is -2.34. The van der Waals surface area contributed by atoms with E-state index in [4.69, 9.17) is 0 Å². The zero-order valence-corrected chi connectivity index (χ0v) is 54.6. The van der Waals surface area contributed by atoms with Crippen molar-refractivity contribution in [2.75, 3.05) is 45.4 Å². The normalized spacial score (nSPS) is 12.6. The number of unbranched alkanes of at least 4 members (excludes halogenated alkanes) is 4. The van der Waals surface area contributed by atoms with Gasteiger partial charge in [-0.25, -0.2) is 0 Å². The summed E-state index contributed by atoms with van der Waals surface area (Å²) in [5.41, 5.74) is -1.41. The van der Waals surface area contributed by atoms with Gasteiger partial charge >= 0.3 is 0 Å². The molecule has 0 saturated carbocycles. The molecule has 10 heteroatoms. The van der Waals surface area contributed by atoms with Gasteiger partial charge in [0.05, 0.1) is 0 Å². The fourth-order valence-electron chi connectivity index (χ4n) is 10.2. The van der Waals surface area contributed by atoms with E-state index in [-0.39, 0.29) is 33.2 Å². The van der Waals surface area contributed by atoms with Crippen molar-refractivity contribution < 1.29 is 14.4 Å². The summed E-state index contributed by atoms with van der Waals surface area (Å²) in [6.45, 7) is 48.9. The van der Waals surface area contributed by atoms with E-state index in [0.717, 1.165) is 39.7 Å². The molecule has 0 fully saturated rings. The molecule has 3 amide bonds. The number of hydrogen-bond donors (Lipinski definition) is 3. The average molecular weight is 1050 g/mol. The number of rotatable bonds is 37. The van der Waals surface area contributed by atoms with Crippen LogP contribution >= 0.6 is 27.1 Å². The Morgan fingerprint density at radius 2 is 0.686 bits per heavy atom. The second kappa shape index (κ2) is 42.8. The number of nitrogens with zero attached hydrogens (tertiary/aromatic N) is 1. The maximum absolute atomic E-state index is 13.2. The molecule has 0 aliphatic rings. The summed E-state index contributed by atoms with van der Waals surface area (Å²) in [4.78, 5) is 41.4. The van der Waals surface area contributed by atoms with Crippen LogP contribution in [0, 0.1) is 28.1 Å². The highest BCUT2D eigenvalue weighted by Crippen LogP contribution is 2.41. The third-order valence-electron chi connectivity index (χ3n) is 12.9. The first-order chi connectivity index (χ1) is 32.3. The number of carbonyl (C=O) groups is 3. The Hall–Kier alpha value is -0.340. The Morgan fingerprint density at radius 1 is 0.414 bits per heavy atom. The van der Waals surface area contributed by atoms with Gasteiger partial charge in [0, 0.05) is 55.5 Å². The molecule has 0 aromatic carbocycles. The van der Waals surface area contributed by atoms with E-state index in [1.807, 2.05) is 41.5 Å². The van der Waals surface area contributed by atoms with Gasteiger partial charge in [0.1, 0.15) is 0 Å². The second-order valence-electron chi connectivity index (χ2n) is 25.1. The van der Waals surface area contributed by atoms with Crippen molar-refractivity contribution in [3.63, 3.8) is 0 Å². The van der Waals surface area contributed by atoms with Crippen LogP contribution in [0.25, 0.3) is 0 Å². The van der Waals surface area contributed by atoms with Gasteiger partial charge < -0.3 is 16.0 Å². The van der Waals surface area contributed by atoms with Crippen molar-refractivity contribution in [1.29, 1.82) is 0 Å². The number of hydrogen-bond acceptors (Lipinski definition) is 4. The molecular weight excluding hydrogens is 918 g/mol. The van der Waals surface area contributed by atoms with E-state index in [9.17, 15) is 14.4 Å². The zero-order chi connectivity index (χ0) is 55.1. The Morgan fingerprint density at radius 3 is 0.914 bits per heavy atom. The monoisotopic (exact) mass is 1050 g/mol. The van der Waals surface area contributed by atoms with Crippen LogP contribution in [0.15, 0.2) is 0 Å². The van der Waals surface area contributed by atoms with Crippen LogP contribution in [-0.2, 0) is 14.4 Å². The number of amides is 3. The van der Waals surface area contributed by atoms with E-state index in [0.29, 0.717) is 39.3 Å². The Bertz CT molecular complexity index is 1160. The Kier molecular flexibility index (Phi) is 46.6. The highest BCUT2D eigenvalue weighted by atomic mass is 31.1. The molecule has 0 aromatic rings. The van der Waals surface area contributed by atoms with Crippen LogP contribution in [0.2, 0.25) is 0 Å². The summed E-state index contributed by atoms with van der Waals surface area (Å²) in [7, 11) is 6.50. The zero-order valence-electron chi connectivity index (χ0n) is 51.3. The molecule has 0 bridgehead atoms. The quantitative estimate of drug-likeness (QED) is 0.0427. The SMILES string of the molecule is CCCC(CCC)CCC.CCCC(CCC)CCC.CCCCCCC.CCCPC(C)(C)CC(C)(C)C(=O)NCCN(CCNC(=O)C(C)(C)CC(C)(C)P)CCNC(=O)C(C)(C)CC(C)(C)P. The number of nitrogens with one attached hydrogen (secondary N) is 3. The van der Waals surface area contributed by atoms with E-state index in [1.54, 1.807) is 0 Å². The van der Waals surface area contributed by atoms with Crippen molar-refractivity contribution in [3.05, 3.63) is 0 Å². The van der Waals surface area contributed by atoms with Gasteiger partial charge in [-0.15, -0.1) is 27.1 Å². The van der Waals surface area contributed by atoms with E-state index >= 15 is 0 Å².